The average molecular weight is 294 g/mol. The van der Waals surface area contributed by atoms with Crippen LogP contribution in [0.5, 0.6) is 5.75 Å². The highest BCUT2D eigenvalue weighted by molar-refractivity contribution is 5.35. The summed E-state index contributed by atoms with van der Waals surface area (Å²) in [6, 6.07) is 5.01. The van der Waals surface area contributed by atoms with Crippen molar-refractivity contribution < 1.29 is 9.50 Å². The molecule has 1 aromatic rings. The maximum Gasteiger partial charge on any atom is 0.123 e. The van der Waals surface area contributed by atoms with E-state index in [-0.39, 0.29) is 17.6 Å². The Morgan fingerprint density at radius 1 is 1.33 bits per heavy atom. The quantitative estimate of drug-likeness (QED) is 0.872. The smallest absolute Gasteiger partial charge is 0.123 e. The zero-order valence-electron chi connectivity index (χ0n) is 13.1. The SMILES string of the molecule is CCCN(C1CCC(N)CC1)C(C)c1cc(F)ccc1O. The summed E-state index contributed by atoms with van der Waals surface area (Å²) in [5.74, 6) is -0.116. The highest BCUT2D eigenvalue weighted by Gasteiger charge is 2.28. The standard InChI is InChI=1S/C17H27FN2O/c1-3-10-20(15-7-5-14(19)6-8-15)12(2)16-11-13(18)4-9-17(16)21/h4,9,11-12,14-15,21H,3,5-8,10,19H2,1-2H3. The summed E-state index contributed by atoms with van der Waals surface area (Å²) < 4.78 is 13.5. The Hall–Kier alpha value is -1.13. The lowest BCUT2D eigenvalue weighted by molar-refractivity contribution is 0.106. The Kier molecular flexibility index (Phi) is 5.59. The van der Waals surface area contributed by atoms with Crippen LogP contribution in [-0.4, -0.2) is 28.6 Å². The number of nitrogens with zero attached hydrogens (tertiary/aromatic N) is 1. The van der Waals surface area contributed by atoms with E-state index in [0.29, 0.717) is 17.6 Å². The fourth-order valence-electron chi connectivity index (χ4n) is 3.42. The minimum atomic E-state index is -0.295. The molecule has 1 aliphatic carbocycles. The molecule has 1 unspecified atom stereocenters. The zero-order chi connectivity index (χ0) is 15.4. The van der Waals surface area contributed by atoms with Crippen LogP contribution >= 0.6 is 0 Å². The Morgan fingerprint density at radius 2 is 2.00 bits per heavy atom. The van der Waals surface area contributed by atoms with Gasteiger partial charge in [0.15, 0.2) is 0 Å². The number of benzene rings is 1. The normalized spacial score (nSPS) is 24.2. The molecule has 2 rings (SSSR count). The van der Waals surface area contributed by atoms with E-state index in [1.165, 1.54) is 18.2 Å². The van der Waals surface area contributed by atoms with E-state index >= 15 is 0 Å². The van der Waals surface area contributed by atoms with Gasteiger partial charge in [0.1, 0.15) is 11.6 Å². The van der Waals surface area contributed by atoms with Gasteiger partial charge in [-0.3, -0.25) is 4.90 Å². The van der Waals surface area contributed by atoms with Gasteiger partial charge in [0.05, 0.1) is 0 Å². The minimum Gasteiger partial charge on any atom is -0.508 e. The van der Waals surface area contributed by atoms with E-state index in [2.05, 4.69) is 18.7 Å². The number of phenolic OH excluding ortho intramolecular Hbond substituents is 1. The van der Waals surface area contributed by atoms with Gasteiger partial charge in [-0.05, 0) is 63.8 Å². The fourth-order valence-corrected chi connectivity index (χ4v) is 3.42. The van der Waals surface area contributed by atoms with Crippen LogP contribution in [0.15, 0.2) is 18.2 Å². The molecule has 1 atom stereocenters. The molecule has 0 heterocycles. The molecule has 0 saturated heterocycles. The molecule has 21 heavy (non-hydrogen) atoms. The topological polar surface area (TPSA) is 49.5 Å². The van der Waals surface area contributed by atoms with Crippen LogP contribution in [0.25, 0.3) is 0 Å². The molecule has 1 saturated carbocycles. The highest BCUT2D eigenvalue weighted by Crippen LogP contribution is 2.34. The largest absolute Gasteiger partial charge is 0.508 e. The lowest BCUT2D eigenvalue weighted by atomic mass is 9.89. The van der Waals surface area contributed by atoms with Crippen molar-refractivity contribution >= 4 is 0 Å². The predicted molar refractivity (Wildman–Crippen MR) is 83.7 cm³/mol. The van der Waals surface area contributed by atoms with Crippen molar-refractivity contribution in [3.05, 3.63) is 29.6 Å². The van der Waals surface area contributed by atoms with Gasteiger partial charge >= 0.3 is 0 Å². The van der Waals surface area contributed by atoms with Gasteiger partial charge < -0.3 is 10.8 Å². The van der Waals surface area contributed by atoms with Crippen molar-refractivity contribution in [1.29, 1.82) is 0 Å². The van der Waals surface area contributed by atoms with E-state index in [1.54, 1.807) is 0 Å². The third-order valence-electron chi connectivity index (χ3n) is 4.63. The molecule has 1 aromatic carbocycles. The van der Waals surface area contributed by atoms with Crippen LogP contribution in [0.3, 0.4) is 0 Å². The van der Waals surface area contributed by atoms with Crippen molar-refractivity contribution in [1.82, 2.24) is 4.90 Å². The lowest BCUT2D eigenvalue weighted by Crippen LogP contribution is -2.42. The molecule has 118 valence electrons. The second kappa shape index (κ2) is 7.23. The van der Waals surface area contributed by atoms with E-state index in [4.69, 9.17) is 5.73 Å². The van der Waals surface area contributed by atoms with Crippen LogP contribution in [0.1, 0.15) is 57.6 Å². The van der Waals surface area contributed by atoms with E-state index < -0.39 is 0 Å². The van der Waals surface area contributed by atoms with Crippen LogP contribution in [0, 0.1) is 5.82 Å². The maximum absolute atomic E-state index is 13.5. The van der Waals surface area contributed by atoms with Crippen molar-refractivity contribution in [3.63, 3.8) is 0 Å². The third-order valence-corrected chi connectivity index (χ3v) is 4.63. The predicted octanol–water partition coefficient (Wildman–Crippen LogP) is 3.57. The molecule has 0 amide bonds. The molecule has 3 nitrogen and oxygen atoms in total. The minimum absolute atomic E-state index is 0.0139. The number of phenols is 1. The summed E-state index contributed by atoms with van der Waals surface area (Å²) >= 11 is 0. The van der Waals surface area contributed by atoms with Crippen molar-refractivity contribution in [2.45, 2.75) is 64.1 Å². The number of rotatable bonds is 5. The van der Waals surface area contributed by atoms with Gasteiger partial charge in [-0.2, -0.15) is 0 Å². The highest BCUT2D eigenvalue weighted by atomic mass is 19.1. The third kappa shape index (κ3) is 3.95. The van der Waals surface area contributed by atoms with Gasteiger partial charge in [0.2, 0.25) is 0 Å². The summed E-state index contributed by atoms with van der Waals surface area (Å²) in [4.78, 5) is 2.40. The van der Waals surface area contributed by atoms with Gasteiger partial charge in [-0.25, -0.2) is 4.39 Å². The molecule has 4 heteroatoms. The Bertz CT molecular complexity index is 458. The zero-order valence-corrected chi connectivity index (χ0v) is 13.1. The Morgan fingerprint density at radius 3 is 2.62 bits per heavy atom. The average Bonchev–Trinajstić information content (AvgIpc) is 2.48. The molecule has 0 spiro atoms. The monoisotopic (exact) mass is 294 g/mol. The first-order chi connectivity index (χ1) is 10.0. The fraction of sp³-hybridized carbons (Fsp3) is 0.647. The first-order valence-corrected chi connectivity index (χ1v) is 8.02. The van der Waals surface area contributed by atoms with E-state index in [0.717, 1.165) is 38.6 Å². The summed E-state index contributed by atoms with van der Waals surface area (Å²) in [6.45, 7) is 5.16. The van der Waals surface area contributed by atoms with Crippen LogP contribution in [0.2, 0.25) is 0 Å². The molecule has 3 N–H and O–H groups in total. The van der Waals surface area contributed by atoms with Gasteiger partial charge in [0, 0.05) is 23.7 Å². The molecule has 0 bridgehead atoms. The van der Waals surface area contributed by atoms with E-state index in [9.17, 15) is 9.50 Å². The summed E-state index contributed by atoms with van der Waals surface area (Å²) in [5, 5.41) is 10.0. The maximum atomic E-state index is 13.5. The van der Waals surface area contributed by atoms with E-state index in [1.807, 2.05) is 0 Å². The van der Waals surface area contributed by atoms with Crippen LogP contribution in [0.4, 0.5) is 4.39 Å². The first kappa shape index (κ1) is 16.2. The number of aromatic hydroxyl groups is 1. The molecular weight excluding hydrogens is 267 g/mol. The van der Waals surface area contributed by atoms with Crippen molar-refractivity contribution in [2.75, 3.05) is 6.54 Å². The Labute approximate surface area is 126 Å². The van der Waals surface area contributed by atoms with Gasteiger partial charge in [0.25, 0.3) is 0 Å². The van der Waals surface area contributed by atoms with Crippen molar-refractivity contribution in [3.8, 4) is 5.75 Å². The summed E-state index contributed by atoms with van der Waals surface area (Å²) in [7, 11) is 0. The first-order valence-electron chi connectivity index (χ1n) is 8.02. The molecule has 1 fully saturated rings. The van der Waals surface area contributed by atoms with Gasteiger partial charge in [-0.15, -0.1) is 0 Å². The van der Waals surface area contributed by atoms with Gasteiger partial charge in [-0.1, -0.05) is 6.92 Å². The second-order valence-electron chi connectivity index (χ2n) is 6.19. The molecule has 0 radical (unpaired) electrons. The van der Waals surface area contributed by atoms with Crippen LogP contribution in [-0.2, 0) is 0 Å². The Balaban J connectivity index is 2.18. The molecular formula is C17H27FN2O. The number of nitrogens with two attached hydrogens (primary N) is 1. The number of hydrogen-bond acceptors (Lipinski definition) is 3. The van der Waals surface area contributed by atoms with Crippen molar-refractivity contribution in [2.24, 2.45) is 5.73 Å². The lowest BCUT2D eigenvalue weighted by Gasteiger charge is -2.40. The molecule has 1 aliphatic rings. The molecule has 0 aromatic heterocycles. The molecule has 0 aliphatic heterocycles. The number of hydrogen-bond donors (Lipinski definition) is 2. The number of halogens is 1. The van der Waals surface area contributed by atoms with Crippen LogP contribution < -0.4 is 5.73 Å². The summed E-state index contributed by atoms with van der Waals surface area (Å²) in [5.41, 5.74) is 6.67. The second-order valence-corrected chi connectivity index (χ2v) is 6.19. The summed E-state index contributed by atoms with van der Waals surface area (Å²) in [6.07, 6.45) is 5.31.